The van der Waals surface area contributed by atoms with Crippen molar-refractivity contribution < 1.29 is 14.3 Å². The molecule has 1 aliphatic heterocycles. The highest BCUT2D eigenvalue weighted by Crippen LogP contribution is 2.26. The second-order valence-corrected chi connectivity index (χ2v) is 4.77. The molecular weight excluding hydrogens is 182 g/mol. The molecule has 1 N–H and O–H groups in total. The van der Waals surface area contributed by atoms with E-state index in [0.29, 0.717) is 0 Å². The Morgan fingerprint density at radius 3 is 2.50 bits per heavy atom. The van der Waals surface area contributed by atoms with E-state index >= 15 is 0 Å². The lowest BCUT2D eigenvalue weighted by atomic mass is 9.87. The van der Waals surface area contributed by atoms with Crippen molar-refractivity contribution in [1.29, 1.82) is 0 Å². The van der Waals surface area contributed by atoms with Crippen LogP contribution in [0.25, 0.3) is 0 Å². The van der Waals surface area contributed by atoms with E-state index in [1.807, 2.05) is 13.8 Å². The molecule has 14 heavy (non-hydrogen) atoms. The largest absolute Gasteiger partial charge is 0.468 e. The zero-order valence-corrected chi connectivity index (χ0v) is 9.35. The molecule has 4 nitrogen and oxygen atoms in total. The fourth-order valence-corrected chi connectivity index (χ4v) is 1.31. The molecule has 0 spiro atoms. The van der Waals surface area contributed by atoms with Crippen LogP contribution in [0.5, 0.6) is 0 Å². The summed E-state index contributed by atoms with van der Waals surface area (Å²) in [5, 5.41) is 3.20. The summed E-state index contributed by atoms with van der Waals surface area (Å²) in [5.74, 6) is -0.235. The van der Waals surface area contributed by atoms with Crippen LogP contribution in [0.15, 0.2) is 0 Å². The quantitative estimate of drug-likeness (QED) is 0.675. The molecule has 1 heterocycles. The number of ether oxygens (including phenoxy) is 2. The fourth-order valence-electron chi connectivity index (χ4n) is 1.31. The van der Waals surface area contributed by atoms with E-state index in [2.05, 4.69) is 12.2 Å². The molecule has 0 unspecified atom stereocenters. The molecule has 0 aromatic heterocycles. The summed E-state index contributed by atoms with van der Waals surface area (Å²) in [4.78, 5) is 11.3. The zero-order valence-electron chi connectivity index (χ0n) is 9.35. The van der Waals surface area contributed by atoms with Crippen molar-refractivity contribution in [1.82, 2.24) is 5.32 Å². The Morgan fingerprint density at radius 2 is 2.14 bits per heavy atom. The van der Waals surface area contributed by atoms with E-state index in [9.17, 15) is 4.79 Å². The minimum absolute atomic E-state index is 0.172. The summed E-state index contributed by atoms with van der Waals surface area (Å²) in [6.45, 7) is 8.07. The third kappa shape index (κ3) is 2.45. The van der Waals surface area contributed by atoms with Gasteiger partial charge in [0.15, 0.2) is 0 Å². The van der Waals surface area contributed by atoms with E-state index in [0.717, 1.165) is 19.8 Å². The Morgan fingerprint density at radius 1 is 1.57 bits per heavy atom. The maximum Gasteiger partial charge on any atom is 0.325 e. The number of nitrogens with one attached hydrogen (secondary N) is 1. The molecule has 4 heteroatoms. The van der Waals surface area contributed by atoms with Gasteiger partial charge in [-0.15, -0.1) is 0 Å². The van der Waals surface area contributed by atoms with Gasteiger partial charge in [-0.2, -0.15) is 0 Å². The maximum absolute atomic E-state index is 11.3. The van der Waals surface area contributed by atoms with Crippen LogP contribution in [0.1, 0.15) is 20.8 Å². The molecule has 82 valence electrons. The number of esters is 1. The molecule has 1 saturated heterocycles. The number of hydrogen-bond acceptors (Lipinski definition) is 4. The Labute approximate surface area is 85.0 Å². The topological polar surface area (TPSA) is 47.6 Å². The smallest absolute Gasteiger partial charge is 0.325 e. The van der Waals surface area contributed by atoms with Crippen LogP contribution in [0.3, 0.4) is 0 Å². The number of carbonyl (C=O) groups is 1. The van der Waals surface area contributed by atoms with Crippen LogP contribution in [0, 0.1) is 5.41 Å². The van der Waals surface area contributed by atoms with Crippen molar-refractivity contribution in [2.45, 2.75) is 26.3 Å². The van der Waals surface area contributed by atoms with Crippen molar-refractivity contribution >= 4 is 5.97 Å². The molecule has 1 rings (SSSR count). The number of methoxy groups -OCH3 is 1. The van der Waals surface area contributed by atoms with E-state index in [-0.39, 0.29) is 11.4 Å². The van der Waals surface area contributed by atoms with Crippen molar-refractivity contribution in [2.24, 2.45) is 5.41 Å². The van der Waals surface area contributed by atoms with Gasteiger partial charge in [-0.3, -0.25) is 4.79 Å². The van der Waals surface area contributed by atoms with Crippen LogP contribution >= 0.6 is 0 Å². The standard InChI is InChI=1S/C10H19NO3/c1-9(2,8(12)13-4)11-5-10(3)6-14-7-10/h11H,5-7H2,1-4H3. The van der Waals surface area contributed by atoms with Crippen LogP contribution in [-0.4, -0.2) is 38.4 Å². The van der Waals surface area contributed by atoms with Gasteiger partial charge in [0.1, 0.15) is 5.54 Å². The van der Waals surface area contributed by atoms with Crippen LogP contribution in [0.4, 0.5) is 0 Å². The van der Waals surface area contributed by atoms with E-state index in [4.69, 9.17) is 9.47 Å². The minimum atomic E-state index is -0.618. The predicted octanol–water partition coefficient (Wildman–Crippen LogP) is 0.564. The number of rotatable bonds is 4. The van der Waals surface area contributed by atoms with Gasteiger partial charge in [0.05, 0.1) is 20.3 Å². The molecule has 0 radical (unpaired) electrons. The predicted molar refractivity (Wildman–Crippen MR) is 53.0 cm³/mol. The van der Waals surface area contributed by atoms with Gasteiger partial charge in [-0.1, -0.05) is 6.92 Å². The molecule has 0 aromatic carbocycles. The molecule has 1 fully saturated rings. The summed E-state index contributed by atoms with van der Waals surface area (Å²) in [6, 6.07) is 0. The van der Waals surface area contributed by atoms with E-state index in [1.165, 1.54) is 7.11 Å². The minimum Gasteiger partial charge on any atom is -0.468 e. The molecule has 0 bridgehead atoms. The van der Waals surface area contributed by atoms with Crippen LogP contribution in [-0.2, 0) is 14.3 Å². The average Bonchev–Trinajstić information content (AvgIpc) is 2.10. The Kier molecular flexibility index (Phi) is 3.17. The second-order valence-electron chi connectivity index (χ2n) is 4.77. The summed E-state index contributed by atoms with van der Waals surface area (Å²) < 4.78 is 9.83. The van der Waals surface area contributed by atoms with Crippen LogP contribution < -0.4 is 5.32 Å². The third-order valence-electron chi connectivity index (χ3n) is 2.55. The lowest BCUT2D eigenvalue weighted by Gasteiger charge is -2.40. The Bertz CT molecular complexity index is 221. The van der Waals surface area contributed by atoms with Gasteiger partial charge in [0.25, 0.3) is 0 Å². The number of hydrogen-bond donors (Lipinski definition) is 1. The number of carbonyl (C=O) groups excluding carboxylic acids is 1. The summed E-state index contributed by atoms with van der Waals surface area (Å²) in [7, 11) is 1.40. The maximum atomic E-state index is 11.3. The molecule has 0 amide bonds. The first-order valence-electron chi connectivity index (χ1n) is 4.81. The summed E-state index contributed by atoms with van der Waals surface area (Å²) in [5.41, 5.74) is -0.446. The lowest BCUT2D eigenvalue weighted by molar-refractivity contribution is -0.148. The highest BCUT2D eigenvalue weighted by Gasteiger charge is 2.37. The third-order valence-corrected chi connectivity index (χ3v) is 2.55. The first-order valence-corrected chi connectivity index (χ1v) is 4.81. The average molecular weight is 201 g/mol. The Balaban J connectivity index is 2.39. The van der Waals surface area contributed by atoms with E-state index < -0.39 is 5.54 Å². The lowest BCUT2D eigenvalue weighted by Crippen LogP contribution is -2.55. The summed E-state index contributed by atoms with van der Waals surface area (Å²) >= 11 is 0. The molecule has 0 saturated carbocycles. The summed E-state index contributed by atoms with van der Waals surface area (Å²) in [6.07, 6.45) is 0. The second kappa shape index (κ2) is 3.87. The first kappa shape index (κ1) is 11.5. The zero-order chi connectivity index (χ0) is 10.8. The highest BCUT2D eigenvalue weighted by molar-refractivity contribution is 5.79. The van der Waals surface area contributed by atoms with Crippen molar-refractivity contribution in [3.63, 3.8) is 0 Å². The van der Waals surface area contributed by atoms with E-state index in [1.54, 1.807) is 0 Å². The van der Waals surface area contributed by atoms with Gasteiger partial charge < -0.3 is 14.8 Å². The van der Waals surface area contributed by atoms with Crippen molar-refractivity contribution in [2.75, 3.05) is 26.9 Å². The normalized spacial score (nSPS) is 20.0. The molecule has 0 aromatic rings. The molecule has 0 aliphatic carbocycles. The Hall–Kier alpha value is -0.610. The van der Waals surface area contributed by atoms with Gasteiger partial charge in [0, 0.05) is 12.0 Å². The van der Waals surface area contributed by atoms with Crippen molar-refractivity contribution in [3.8, 4) is 0 Å². The van der Waals surface area contributed by atoms with Gasteiger partial charge in [-0.05, 0) is 13.8 Å². The van der Waals surface area contributed by atoms with Gasteiger partial charge in [0.2, 0.25) is 0 Å². The molecular formula is C10H19NO3. The SMILES string of the molecule is COC(=O)C(C)(C)NCC1(C)COC1. The van der Waals surface area contributed by atoms with Gasteiger partial charge in [-0.25, -0.2) is 0 Å². The van der Waals surface area contributed by atoms with Crippen molar-refractivity contribution in [3.05, 3.63) is 0 Å². The fraction of sp³-hybridized carbons (Fsp3) is 0.900. The monoisotopic (exact) mass is 201 g/mol. The highest BCUT2D eigenvalue weighted by atomic mass is 16.5. The molecule has 1 aliphatic rings. The first-order chi connectivity index (χ1) is 6.40. The van der Waals surface area contributed by atoms with Crippen LogP contribution in [0.2, 0.25) is 0 Å². The molecule has 0 atom stereocenters. The van der Waals surface area contributed by atoms with Gasteiger partial charge >= 0.3 is 5.97 Å².